The van der Waals surface area contributed by atoms with E-state index in [4.69, 9.17) is 0 Å². The first-order valence-corrected chi connectivity index (χ1v) is 8.99. The summed E-state index contributed by atoms with van der Waals surface area (Å²) in [6, 6.07) is 11.9. The second kappa shape index (κ2) is 6.50. The Hall–Kier alpha value is -3.21. The van der Waals surface area contributed by atoms with Crippen molar-refractivity contribution in [3.05, 3.63) is 76.9 Å². The summed E-state index contributed by atoms with van der Waals surface area (Å²) in [5, 5.41) is 0.910. The number of benzene rings is 1. The molecule has 0 aliphatic rings. The monoisotopic (exact) mass is 358 g/mol. The first kappa shape index (κ1) is 17.2. The summed E-state index contributed by atoms with van der Waals surface area (Å²) in [6.45, 7) is 6.44. The predicted octanol–water partition coefficient (Wildman–Crippen LogP) is 4.08. The van der Waals surface area contributed by atoms with Crippen LogP contribution in [0.15, 0.2) is 48.8 Å². The van der Waals surface area contributed by atoms with Gasteiger partial charge in [0.25, 0.3) is 5.91 Å². The number of imidazole rings is 1. The highest BCUT2D eigenvalue weighted by molar-refractivity contribution is 6.07. The van der Waals surface area contributed by atoms with Gasteiger partial charge in [-0.05, 0) is 50.6 Å². The predicted molar refractivity (Wildman–Crippen MR) is 107 cm³/mol. The minimum absolute atomic E-state index is 0.000480. The van der Waals surface area contributed by atoms with E-state index in [0.29, 0.717) is 6.54 Å². The number of nitrogens with zero attached hydrogens (tertiary/aromatic N) is 4. The third-order valence-electron chi connectivity index (χ3n) is 5.08. The fourth-order valence-corrected chi connectivity index (χ4v) is 3.48. The van der Waals surface area contributed by atoms with Crippen molar-refractivity contribution in [2.24, 2.45) is 0 Å². The molecular weight excluding hydrogens is 336 g/mol. The third kappa shape index (κ3) is 2.95. The summed E-state index contributed by atoms with van der Waals surface area (Å²) >= 11 is 0. The Kier molecular flexibility index (Phi) is 4.15. The molecule has 0 N–H and O–H groups in total. The lowest BCUT2D eigenvalue weighted by molar-refractivity contribution is 0.0784. The van der Waals surface area contributed by atoms with Crippen LogP contribution in [0, 0.1) is 20.8 Å². The molecule has 0 aliphatic carbocycles. The lowest BCUT2D eigenvalue weighted by Crippen LogP contribution is -2.28. The van der Waals surface area contributed by atoms with Gasteiger partial charge in [-0.15, -0.1) is 0 Å². The lowest BCUT2D eigenvalue weighted by atomic mass is 9.99. The van der Waals surface area contributed by atoms with E-state index in [0.717, 1.165) is 44.6 Å². The molecule has 0 spiro atoms. The molecule has 0 unspecified atom stereocenters. The fraction of sp³-hybridized carbons (Fsp3) is 0.227. The van der Waals surface area contributed by atoms with Crippen LogP contribution in [0.25, 0.3) is 16.6 Å². The van der Waals surface area contributed by atoms with Gasteiger partial charge in [-0.1, -0.05) is 17.7 Å². The van der Waals surface area contributed by atoms with Crippen LogP contribution >= 0.6 is 0 Å². The van der Waals surface area contributed by atoms with Crippen molar-refractivity contribution in [1.29, 1.82) is 0 Å². The normalized spacial score (nSPS) is 11.3. The topological polar surface area (TPSA) is 50.5 Å². The number of aromatic nitrogens is 3. The molecule has 3 heterocycles. The van der Waals surface area contributed by atoms with Crippen molar-refractivity contribution in [2.45, 2.75) is 27.3 Å². The maximum Gasteiger partial charge on any atom is 0.254 e. The van der Waals surface area contributed by atoms with Crippen molar-refractivity contribution in [2.75, 3.05) is 7.05 Å². The van der Waals surface area contributed by atoms with Crippen LogP contribution in [0.3, 0.4) is 0 Å². The zero-order valence-corrected chi connectivity index (χ0v) is 16.0. The van der Waals surface area contributed by atoms with Crippen LogP contribution in [-0.4, -0.2) is 32.2 Å². The smallest absolute Gasteiger partial charge is 0.254 e. The van der Waals surface area contributed by atoms with Crippen LogP contribution in [0.4, 0.5) is 0 Å². The molecule has 5 nitrogen and oxygen atoms in total. The molecule has 3 aromatic heterocycles. The van der Waals surface area contributed by atoms with E-state index in [-0.39, 0.29) is 5.91 Å². The molecule has 5 heteroatoms. The third-order valence-corrected chi connectivity index (χ3v) is 5.08. The molecule has 0 saturated carbocycles. The van der Waals surface area contributed by atoms with Gasteiger partial charge >= 0.3 is 0 Å². The number of aryl methyl sites for hydroxylation is 2. The number of fused-ring (bicyclic) bond motifs is 2. The molecule has 0 atom stereocenters. The molecule has 0 saturated heterocycles. The number of hydrogen-bond donors (Lipinski definition) is 0. The molecule has 0 bridgehead atoms. The Morgan fingerprint density at radius 1 is 1.15 bits per heavy atom. The Balaban J connectivity index is 1.76. The van der Waals surface area contributed by atoms with Crippen molar-refractivity contribution < 1.29 is 4.79 Å². The highest BCUT2D eigenvalue weighted by atomic mass is 16.2. The van der Waals surface area contributed by atoms with Gasteiger partial charge in [0.05, 0.1) is 29.5 Å². The van der Waals surface area contributed by atoms with Gasteiger partial charge in [-0.2, -0.15) is 0 Å². The zero-order valence-electron chi connectivity index (χ0n) is 16.0. The summed E-state index contributed by atoms with van der Waals surface area (Å²) in [5.74, 6) is -0.000480. The van der Waals surface area contributed by atoms with Crippen LogP contribution in [-0.2, 0) is 6.54 Å². The number of carbonyl (C=O) groups is 1. The summed E-state index contributed by atoms with van der Waals surface area (Å²) in [6.07, 6.45) is 3.79. The molecule has 27 heavy (non-hydrogen) atoms. The van der Waals surface area contributed by atoms with Gasteiger partial charge in [-0.3, -0.25) is 9.78 Å². The SMILES string of the molecule is Cc1ccc2nc(C)c(C)c(C(=O)N(C)Cc3cnc4ccccn34)c2c1. The Morgan fingerprint density at radius 3 is 2.78 bits per heavy atom. The molecule has 0 radical (unpaired) electrons. The largest absolute Gasteiger partial charge is 0.336 e. The molecule has 136 valence electrons. The van der Waals surface area contributed by atoms with Crippen molar-refractivity contribution >= 4 is 22.5 Å². The molecule has 1 aromatic carbocycles. The highest BCUT2D eigenvalue weighted by Gasteiger charge is 2.21. The van der Waals surface area contributed by atoms with Crippen LogP contribution < -0.4 is 0 Å². The van der Waals surface area contributed by atoms with Gasteiger partial charge in [0.2, 0.25) is 0 Å². The quantitative estimate of drug-likeness (QED) is 0.554. The van der Waals surface area contributed by atoms with E-state index >= 15 is 0 Å². The standard InChI is InChI=1S/C22H22N4O/c1-14-8-9-19-18(11-14)21(15(2)16(3)24-19)22(27)25(4)13-17-12-23-20-7-5-6-10-26(17)20/h5-12H,13H2,1-4H3. The summed E-state index contributed by atoms with van der Waals surface area (Å²) in [7, 11) is 1.83. The molecule has 0 fully saturated rings. The minimum Gasteiger partial charge on any atom is -0.336 e. The van der Waals surface area contributed by atoms with Gasteiger partial charge in [0, 0.05) is 24.3 Å². The lowest BCUT2D eigenvalue weighted by Gasteiger charge is -2.20. The Labute approximate surface area is 158 Å². The van der Waals surface area contributed by atoms with Gasteiger partial charge in [0.1, 0.15) is 5.65 Å². The van der Waals surface area contributed by atoms with E-state index in [1.165, 1.54) is 0 Å². The summed E-state index contributed by atoms with van der Waals surface area (Å²) in [5.41, 5.74) is 6.38. The molecular formula is C22H22N4O. The number of hydrogen-bond acceptors (Lipinski definition) is 3. The highest BCUT2D eigenvalue weighted by Crippen LogP contribution is 2.25. The average Bonchev–Trinajstić information content (AvgIpc) is 3.06. The minimum atomic E-state index is -0.000480. The van der Waals surface area contributed by atoms with E-state index in [1.807, 2.05) is 81.0 Å². The van der Waals surface area contributed by atoms with Crippen molar-refractivity contribution in [3.8, 4) is 0 Å². The maximum atomic E-state index is 13.4. The molecule has 1 amide bonds. The first-order chi connectivity index (χ1) is 13.0. The average molecular weight is 358 g/mol. The fourth-order valence-electron chi connectivity index (χ4n) is 3.48. The Bertz CT molecular complexity index is 1180. The first-order valence-electron chi connectivity index (χ1n) is 8.99. The Morgan fingerprint density at radius 2 is 1.96 bits per heavy atom. The van der Waals surface area contributed by atoms with Crippen molar-refractivity contribution in [3.63, 3.8) is 0 Å². The second-order valence-corrected chi connectivity index (χ2v) is 7.06. The number of carbonyl (C=O) groups excluding carboxylic acids is 1. The summed E-state index contributed by atoms with van der Waals surface area (Å²) in [4.78, 5) is 24.2. The van der Waals surface area contributed by atoms with E-state index < -0.39 is 0 Å². The number of pyridine rings is 2. The van der Waals surface area contributed by atoms with Crippen LogP contribution in [0.5, 0.6) is 0 Å². The van der Waals surface area contributed by atoms with Crippen molar-refractivity contribution in [1.82, 2.24) is 19.3 Å². The second-order valence-electron chi connectivity index (χ2n) is 7.06. The van der Waals surface area contributed by atoms with Gasteiger partial charge < -0.3 is 9.30 Å². The van der Waals surface area contributed by atoms with Crippen LogP contribution in [0.2, 0.25) is 0 Å². The number of amides is 1. The van der Waals surface area contributed by atoms with Gasteiger partial charge in [0.15, 0.2) is 0 Å². The molecule has 4 rings (SSSR count). The van der Waals surface area contributed by atoms with E-state index in [1.54, 1.807) is 4.90 Å². The molecule has 0 aliphatic heterocycles. The van der Waals surface area contributed by atoms with Crippen LogP contribution in [0.1, 0.15) is 32.9 Å². The number of rotatable bonds is 3. The van der Waals surface area contributed by atoms with Gasteiger partial charge in [-0.25, -0.2) is 4.98 Å². The maximum absolute atomic E-state index is 13.4. The zero-order chi connectivity index (χ0) is 19.1. The molecule has 4 aromatic rings. The van der Waals surface area contributed by atoms with E-state index in [2.05, 4.69) is 9.97 Å². The van der Waals surface area contributed by atoms with E-state index in [9.17, 15) is 4.79 Å². The summed E-state index contributed by atoms with van der Waals surface area (Å²) < 4.78 is 2.01.